The molecule has 1 aromatic heterocycles. The van der Waals surface area contributed by atoms with Crippen LogP contribution in [0.25, 0.3) is 0 Å². The number of aryl methyl sites for hydroxylation is 2. The summed E-state index contributed by atoms with van der Waals surface area (Å²) in [5.41, 5.74) is 0.788. The number of carbonyl (C=O) groups is 1. The van der Waals surface area contributed by atoms with E-state index in [-0.39, 0.29) is 12.2 Å². The summed E-state index contributed by atoms with van der Waals surface area (Å²) < 4.78 is 25.1. The molecule has 1 atom stereocenters. The van der Waals surface area contributed by atoms with Crippen molar-refractivity contribution in [2.45, 2.75) is 25.0 Å². The van der Waals surface area contributed by atoms with Gasteiger partial charge in [-0.05, 0) is 18.4 Å². The Morgan fingerprint density at radius 3 is 2.65 bits per heavy atom. The van der Waals surface area contributed by atoms with E-state index < -0.39 is 21.1 Å². The molecule has 96 valence electrons. The van der Waals surface area contributed by atoms with Gasteiger partial charge in [0.15, 0.2) is 15.1 Å². The van der Waals surface area contributed by atoms with Gasteiger partial charge in [-0.1, -0.05) is 6.92 Å². The number of hydrogen-bond acceptors (Lipinski definition) is 4. The van der Waals surface area contributed by atoms with Crippen molar-refractivity contribution in [2.24, 2.45) is 7.05 Å². The summed E-state index contributed by atoms with van der Waals surface area (Å²) in [6.07, 6.45) is 3.68. The number of rotatable bonds is 6. The molecular weight excluding hydrogens is 244 g/mol. The van der Waals surface area contributed by atoms with E-state index in [1.165, 1.54) is 0 Å². The molecule has 7 heteroatoms. The molecule has 6 nitrogen and oxygen atoms in total. The summed E-state index contributed by atoms with van der Waals surface area (Å²) in [6, 6.07) is 0. The molecule has 0 bridgehead atoms. The largest absolute Gasteiger partial charge is 0.480 e. The van der Waals surface area contributed by atoms with Gasteiger partial charge in [-0.25, -0.2) is 8.42 Å². The molecule has 0 saturated carbocycles. The smallest absolute Gasteiger partial charge is 0.321 e. The van der Waals surface area contributed by atoms with Crippen LogP contribution in [0.2, 0.25) is 0 Å². The van der Waals surface area contributed by atoms with Gasteiger partial charge in [-0.3, -0.25) is 9.48 Å². The van der Waals surface area contributed by atoms with Gasteiger partial charge in [0.05, 0.1) is 11.9 Å². The van der Waals surface area contributed by atoms with Crippen LogP contribution < -0.4 is 0 Å². The van der Waals surface area contributed by atoms with Gasteiger partial charge >= 0.3 is 5.97 Å². The zero-order chi connectivity index (χ0) is 13.1. The number of hydrogen-bond donors (Lipinski definition) is 1. The second kappa shape index (κ2) is 5.31. The van der Waals surface area contributed by atoms with Crippen molar-refractivity contribution in [3.63, 3.8) is 0 Å². The first-order valence-electron chi connectivity index (χ1n) is 5.28. The average Bonchev–Trinajstić information content (AvgIpc) is 2.61. The molecule has 0 spiro atoms. The zero-order valence-electron chi connectivity index (χ0n) is 9.83. The zero-order valence-corrected chi connectivity index (χ0v) is 10.6. The number of carboxylic acids is 1. The van der Waals surface area contributed by atoms with Gasteiger partial charge in [-0.2, -0.15) is 5.10 Å². The van der Waals surface area contributed by atoms with Crippen LogP contribution >= 0.6 is 0 Å². The van der Waals surface area contributed by atoms with Gasteiger partial charge in [0.1, 0.15) is 0 Å². The first kappa shape index (κ1) is 13.7. The summed E-state index contributed by atoms with van der Waals surface area (Å²) in [6.45, 7) is 1.56. The van der Waals surface area contributed by atoms with E-state index in [1.54, 1.807) is 31.0 Å². The van der Waals surface area contributed by atoms with Crippen molar-refractivity contribution in [3.05, 3.63) is 18.0 Å². The van der Waals surface area contributed by atoms with Gasteiger partial charge < -0.3 is 5.11 Å². The Labute approximate surface area is 100 Å². The molecule has 1 aromatic rings. The summed E-state index contributed by atoms with van der Waals surface area (Å²) in [5, 5.41) is 11.4. The van der Waals surface area contributed by atoms with Crippen molar-refractivity contribution in [2.75, 3.05) is 5.75 Å². The maximum Gasteiger partial charge on any atom is 0.321 e. The van der Waals surface area contributed by atoms with Crippen LogP contribution in [-0.2, 0) is 28.1 Å². The van der Waals surface area contributed by atoms with Crippen LogP contribution in [0.4, 0.5) is 0 Å². The molecule has 0 aliphatic carbocycles. The first-order valence-corrected chi connectivity index (χ1v) is 7.00. The summed E-state index contributed by atoms with van der Waals surface area (Å²) in [5.74, 6) is -1.44. The second-order valence-electron chi connectivity index (χ2n) is 3.87. The highest BCUT2D eigenvalue weighted by Crippen LogP contribution is 2.10. The fraction of sp³-hybridized carbons (Fsp3) is 0.600. The van der Waals surface area contributed by atoms with Crippen LogP contribution in [-0.4, -0.2) is 40.3 Å². The first-order chi connectivity index (χ1) is 7.86. The fourth-order valence-electron chi connectivity index (χ4n) is 1.59. The molecule has 1 heterocycles. The molecule has 0 amide bonds. The Bertz CT molecular complexity index is 492. The van der Waals surface area contributed by atoms with E-state index in [2.05, 4.69) is 5.10 Å². The lowest BCUT2D eigenvalue weighted by Gasteiger charge is -2.10. The minimum absolute atomic E-state index is 0.0880. The van der Waals surface area contributed by atoms with Crippen LogP contribution in [0.3, 0.4) is 0 Å². The summed E-state index contributed by atoms with van der Waals surface area (Å²) in [4.78, 5) is 10.8. The lowest BCUT2D eigenvalue weighted by Crippen LogP contribution is -2.32. The van der Waals surface area contributed by atoms with Crippen molar-refractivity contribution in [1.82, 2.24) is 9.78 Å². The van der Waals surface area contributed by atoms with Crippen molar-refractivity contribution in [1.29, 1.82) is 0 Å². The third kappa shape index (κ3) is 3.55. The van der Waals surface area contributed by atoms with Gasteiger partial charge in [0.2, 0.25) is 0 Å². The number of aliphatic carboxylic acids is 1. The Morgan fingerprint density at radius 1 is 1.59 bits per heavy atom. The van der Waals surface area contributed by atoms with E-state index in [4.69, 9.17) is 5.11 Å². The molecule has 0 aromatic carbocycles. The Morgan fingerprint density at radius 2 is 2.24 bits per heavy atom. The van der Waals surface area contributed by atoms with Crippen LogP contribution in [0, 0.1) is 0 Å². The van der Waals surface area contributed by atoms with Gasteiger partial charge in [-0.15, -0.1) is 0 Å². The maximum atomic E-state index is 11.8. The highest BCUT2D eigenvalue weighted by atomic mass is 32.2. The number of carboxylic acid groups (broad SMARTS) is 1. The third-order valence-electron chi connectivity index (χ3n) is 2.51. The van der Waals surface area contributed by atoms with Gasteiger partial charge in [0.25, 0.3) is 0 Å². The predicted molar refractivity (Wildman–Crippen MR) is 62.4 cm³/mol. The average molecular weight is 260 g/mol. The number of nitrogens with zero attached hydrogens (tertiary/aromatic N) is 2. The Kier molecular flexibility index (Phi) is 4.28. The van der Waals surface area contributed by atoms with Crippen molar-refractivity contribution < 1.29 is 18.3 Å². The lowest BCUT2D eigenvalue weighted by molar-refractivity contribution is -0.136. The van der Waals surface area contributed by atoms with E-state index >= 15 is 0 Å². The third-order valence-corrected chi connectivity index (χ3v) is 4.69. The molecule has 0 fully saturated rings. The van der Waals surface area contributed by atoms with Crippen molar-refractivity contribution in [3.8, 4) is 0 Å². The summed E-state index contributed by atoms with van der Waals surface area (Å²) in [7, 11) is -1.86. The minimum Gasteiger partial charge on any atom is -0.480 e. The standard InChI is InChI=1S/C10H16N2O4S/c1-3-9(10(13)14)17(15,16)5-4-8-6-11-12(2)7-8/h6-7,9H,3-5H2,1-2H3,(H,13,14). The topological polar surface area (TPSA) is 89.3 Å². The van der Waals surface area contributed by atoms with E-state index in [9.17, 15) is 13.2 Å². The SMILES string of the molecule is CCC(C(=O)O)S(=O)(=O)CCc1cnn(C)c1. The van der Waals surface area contributed by atoms with Crippen LogP contribution in [0.15, 0.2) is 12.4 Å². The monoisotopic (exact) mass is 260 g/mol. The lowest BCUT2D eigenvalue weighted by atomic mass is 10.3. The highest BCUT2D eigenvalue weighted by Gasteiger charge is 2.30. The number of sulfone groups is 1. The fourth-order valence-corrected chi connectivity index (χ4v) is 3.21. The van der Waals surface area contributed by atoms with Crippen molar-refractivity contribution >= 4 is 15.8 Å². The second-order valence-corrected chi connectivity index (χ2v) is 6.18. The van der Waals surface area contributed by atoms with Gasteiger partial charge in [0, 0.05) is 13.2 Å². The molecule has 1 N–H and O–H groups in total. The molecular formula is C10H16N2O4S. The normalized spacial score (nSPS) is 13.5. The molecule has 1 rings (SSSR count). The summed E-state index contributed by atoms with van der Waals surface area (Å²) >= 11 is 0. The predicted octanol–water partition coefficient (Wildman–Crippen LogP) is 0.241. The molecule has 1 unspecified atom stereocenters. The Balaban J connectivity index is 2.70. The molecule has 0 aliphatic rings. The van der Waals surface area contributed by atoms with Crippen LogP contribution in [0.5, 0.6) is 0 Å². The Hall–Kier alpha value is -1.37. The number of aromatic nitrogens is 2. The minimum atomic E-state index is -3.60. The maximum absolute atomic E-state index is 11.8. The van der Waals surface area contributed by atoms with E-state index in [1.807, 2.05) is 0 Å². The molecule has 0 saturated heterocycles. The van der Waals surface area contributed by atoms with Crippen LogP contribution in [0.1, 0.15) is 18.9 Å². The molecule has 0 radical (unpaired) electrons. The highest BCUT2D eigenvalue weighted by molar-refractivity contribution is 7.92. The van der Waals surface area contributed by atoms with E-state index in [0.717, 1.165) is 5.56 Å². The molecule has 0 aliphatic heterocycles. The quantitative estimate of drug-likeness (QED) is 0.791. The molecule has 17 heavy (non-hydrogen) atoms. The van der Waals surface area contributed by atoms with E-state index in [0.29, 0.717) is 6.42 Å².